The fourth-order valence-corrected chi connectivity index (χ4v) is 2.70. The van der Waals surface area contributed by atoms with Gasteiger partial charge in [0.15, 0.2) is 0 Å². The summed E-state index contributed by atoms with van der Waals surface area (Å²) in [6.45, 7) is 16.0. The minimum atomic E-state index is -1.15. The first-order valence-corrected chi connectivity index (χ1v) is 13.6. The standard InChI is InChI=1S/C26H18O8.4C2H6/c27-23(28)7-3-19-11-17(12-20(15-19)4-8-24(29)30)1-2-18-13-21(5-9-25(31)32)16-22(14-18)6-10-26(33)34;4*1-2/h3-16H,(H,27,28)(H,29,30)(H,31,32)(H,33,34);4*1-2H3/b7-3+,8-4+,9-5+,10-6+;;;;. The molecule has 8 heteroatoms. The van der Waals surface area contributed by atoms with Gasteiger partial charge in [-0.25, -0.2) is 19.2 Å². The number of carbonyl (C=O) groups is 4. The Labute approximate surface area is 249 Å². The largest absolute Gasteiger partial charge is 0.478 e. The number of benzene rings is 2. The molecule has 2 aromatic carbocycles. The van der Waals surface area contributed by atoms with E-state index in [4.69, 9.17) is 20.4 Å². The Bertz CT molecular complexity index is 1130. The SMILES string of the molecule is CC.CC.CC.CC.O=C(O)/C=C/c1cc(C#Cc2cc(/C=C/C(=O)O)cc(/C=C/C(=O)O)c2)cc(/C=C/C(=O)O)c1. The van der Waals surface area contributed by atoms with Crippen molar-refractivity contribution in [2.45, 2.75) is 55.4 Å². The minimum Gasteiger partial charge on any atom is -0.478 e. The van der Waals surface area contributed by atoms with Gasteiger partial charge in [-0.2, -0.15) is 0 Å². The second kappa shape index (κ2) is 26.1. The van der Waals surface area contributed by atoms with Crippen molar-refractivity contribution in [3.63, 3.8) is 0 Å². The van der Waals surface area contributed by atoms with Crippen molar-refractivity contribution in [2.75, 3.05) is 0 Å². The third-order valence-corrected chi connectivity index (χ3v) is 3.98. The Morgan fingerprint density at radius 3 is 0.786 bits per heavy atom. The highest BCUT2D eigenvalue weighted by molar-refractivity contribution is 5.88. The van der Waals surface area contributed by atoms with Crippen LogP contribution in [0.2, 0.25) is 0 Å². The fraction of sp³-hybridized carbons (Fsp3) is 0.235. The molecule has 0 bridgehead atoms. The van der Waals surface area contributed by atoms with E-state index < -0.39 is 23.9 Å². The van der Waals surface area contributed by atoms with Gasteiger partial charge >= 0.3 is 23.9 Å². The van der Waals surface area contributed by atoms with Gasteiger partial charge in [0.25, 0.3) is 0 Å². The second-order valence-electron chi connectivity index (χ2n) is 6.71. The number of carboxylic acids is 4. The molecule has 4 N–H and O–H groups in total. The lowest BCUT2D eigenvalue weighted by molar-refractivity contribution is -0.132. The third-order valence-electron chi connectivity index (χ3n) is 3.98. The highest BCUT2D eigenvalue weighted by atomic mass is 16.4. The third kappa shape index (κ3) is 20.8. The van der Waals surface area contributed by atoms with Crippen molar-refractivity contribution < 1.29 is 39.6 Å². The van der Waals surface area contributed by atoms with Crippen LogP contribution in [0.3, 0.4) is 0 Å². The van der Waals surface area contributed by atoms with Gasteiger partial charge in [0, 0.05) is 35.4 Å². The first kappa shape index (κ1) is 41.3. The van der Waals surface area contributed by atoms with Crippen LogP contribution < -0.4 is 0 Å². The topological polar surface area (TPSA) is 149 Å². The van der Waals surface area contributed by atoms with E-state index in [0.717, 1.165) is 24.3 Å². The summed E-state index contributed by atoms with van der Waals surface area (Å²) >= 11 is 0. The molecular weight excluding hydrogens is 536 g/mol. The Hall–Kier alpha value is -5.16. The van der Waals surface area contributed by atoms with Crippen LogP contribution >= 0.6 is 0 Å². The van der Waals surface area contributed by atoms with Crippen molar-refractivity contribution in [3.8, 4) is 11.8 Å². The van der Waals surface area contributed by atoms with Crippen molar-refractivity contribution >= 4 is 48.2 Å². The molecule has 0 heterocycles. The summed E-state index contributed by atoms with van der Waals surface area (Å²) in [7, 11) is 0. The van der Waals surface area contributed by atoms with E-state index in [9.17, 15) is 19.2 Å². The lowest BCUT2D eigenvalue weighted by atomic mass is 10.0. The molecule has 0 atom stereocenters. The number of hydrogen-bond acceptors (Lipinski definition) is 4. The van der Waals surface area contributed by atoms with E-state index in [1.807, 2.05) is 55.4 Å². The molecule has 0 unspecified atom stereocenters. The van der Waals surface area contributed by atoms with Crippen LogP contribution in [0.15, 0.2) is 60.7 Å². The highest BCUT2D eigenvalue weighted by Crippen LogP contribution is 2.16. The maximum atomic E-state index is 10.8. The summed E-state index contributed by atoms with van der Waals surface area (Å²) in [5.74, 6) is 1.23. The normalized spacial score (nSPS) is 9.62. The lowest BCUT2D eigenvalue weighted by Crippen LogP contribution is -1.90. The highest BCUT2D eigenvalue weighted by Gasteiger charge is 2.00. The molecule has 42 heavy (non-hydrogen) atoms. The Morgan fingerprint density at radius 2 is 0.619 bits per heavy atom. The molecule has 2 rings (SSSR count). The number of carboxylic acid groups (broad SMARTS) is 4. The number of aliphatic carboxylic acids is 4. The molecule has 0 saturated heterocycles. The molecule has 0 aliphatic rings. The quantitative estimate of drug-likeness (QED) is 0.185. The summed E-state index contributed by atoms with van der Waals surface area (Å²) in [5.41, 5.74) is 2.88. The lowest BCUT2D eigenvalue weighted by Gasteiger charge is -2.02. The first-order valence-electron chi connectivity index (χ1n) is 13.6. The predicted octanol–water partition coefficient (Wildman–Crippen LogP) is 7.58. The monoisotopic (exact) mass is 578 g/mol. The minimum absolute atomic E-state index is 0.465. The molecule has 0 aliphatic heterocycles. The number of rotatable bonds is 8. The van der Waals surface area contributed by atoms with Crippen molar-refractivity contribution in [2.24, 2.45) is 0 Å². The Morgan fingerprint density at radius 1 is 0.429 bits per heavy atom. The van der Waals surface area contributed by atoms with E-state index >= 15 is 0 Å². The van der Waals surface area contributed by atoms with Gasteiger partial charge in [0.05, 0.1) is 0 Å². The summed E-state index contributed by atoms with van der Waals surface area (Å²) in [6.07, 6.45) is 9.14. The van der Waals surface area contributed by atoms with Gasteiger partial charge in [-0.15, -0.1) is 0 Å². The average Bonchev–Trinajstić information content (AvgIpc) is 3.00. The molecular formula is C34H42O8. The summed E-state index contributed by atoms with van der Waals surface area (Å²) in [4.78, 5) is 43.3. The number of hydrogen-bond donors (Lipinski definition) is 4. The zero-order valence-electron chi connectivity index (χ0n) is 25.5. The Kier molecular flexibility index (Phi) is 25.7. The van der Waals surface area contributed by atoms with Crippen molar-refractivity contribution in [1.82, 2.24) is 0 Å². The van der Waals surface area contributed by atoms with Crippen LogP contribution in [-0.2, 0) is 19.2 Å². The van der Waals surface area contributed by atoms with Crippen LogP contribution in [0.4, 0.5) is 0 Å². The maximum absolute atomic E-state index is 10.8. The zero-order valence-corrected chi connectivity index (χ0v) is 25.5. The van der Waals surface area contributed by atoms with E-state index in [0.29, 0.717) is 33.4 Å². The molecule has 0 radical (unpaired) electrons. The maximum Gasteiger partial charge on any atom is 0.328 e. The van der Waals surface area contributed by atoms with Gasteiger partial charge in [-0.1, -0.05) is 67.2 Å². The van der Waals surface area contributed by atoms with E-state index in [1.165, 1.54) is 24.3 Å². The van der Waals surface area contributed by atoms with Gasteiger partial charge in [0.2, 0.25) is 0 Å². The smallest absolute Gasteiger partial charge is 0.328 e. The van der Waals surface area contributed by atoms with Crippen LogP contribution in [0.5, 0.6) is 0 Å². The summed E-state index contributed by atoms with van der Waals surface area (Å²) in [5, 5.41) is 35.4. The molecule has 0 aliphatic carbocycles. The molecule has 2 aromatic rings. The predicted molar refractivity (Wildman–Crippen MR) is 171 cm³/mol. The van der Waals surface area contributed by atoms with E-state index in [1.54, 1.807) is 36.4 Å². The van der Waals surface area contributed by atoms with Crippen molar-refractivity contribution in [1.29, 1.82) is 0 Å². The van der Waals surface area contributed by atoms with Gasteiger partial charge in [-0.3, -0.25) is 0 Å². The zero-order chi connectivity index (χ0) is 33.1. The van der Waals surface area contributed by atoms with Crippen LogP contribution in [-0.4, -0.2) is 44.3 Å². The average molecular weight is 579 g/mol. The first-order chi connectivity index (χ1) is 20.1. The second-order valence-corrected chi connectivity index (χ2v) is 6.71. The van der Waals surface area contributed by atoms with Gasteiger partial charge < -0.3 is 20.4 Å². The molecule has 0 aromatic heterocycles. The molecule has 0 saturated carbocycles. The van der Waals surface area contributed by atoms with Crippen molar-refractivity contribution in [3.05, 3.63) is 94.1 Å². The fourth-order valence-electron chi connectivity index (χ4n) is 2.70. The van der Waals surface area contributed by atoms with E-state index in [-0.39, 0.29) is 0 Å². The molecule has 0 amide bonds. The molecule has 226 valence electrons. The summed E-state index contributed by atoms with van der Waals surface area (Å²) < 4.78 is 0. The van der Waals surface area contributed by atoms with Gasteiger partial charge in [0.1, 0.15) is 0 Å². The molecule has 0 spiro atoms. The molecule has 0 fully saturated rings. The van der Waals surface area contributed by atoms with Crippen LogP contribution in [0.1, 0.15) is 88.8 Å². The summed E-state index contributed by atoms with van der Waals surface area (Å²) in [6, 6.07) is 9.65. The van der Waals surface area contributed by atoms with Crippen LogP contribution in [0.25, 0.3) is 24.3 Å². The Balaban J connectivity index is -0.00000175. The molecule has 8 nitrogen and oxygen atoms in total. The van der Waals surface area contributed by atoms with Gasteiger partial charge in [-0.05, 0) is 83.0 Å². The van der Waals surface area contributed by atoms with Crippen LogP contribution in [0, 0.1) is 11.8 Å². The van der Waals surface area contributed by atoms with E-state index in [2.05, 4.69) is 11.8 Å².